The lowest BCUT2D eigenvalue weighted by atomic mass is 10.0. The molecule has 1 aliphatic rings. The maximum Gasteiger partial charge on any atom is 0.419 e. The standard InChI is InChI=1S/C26H33F4N6O3P/c1-31-11-14(27)8-9-32-15-4-5-16(10-15)35-25-34-13-20(26(28,29)30)21(36-25)19-12-33-22-17(19)6-7-18(24(37)38)23(22)40(2,3)39/h6-7,12-16,31-33H,4-5,8-11H2,1-3H3,(H,37,38)(H,34,35,36)/t14?,15-,16-/m0/s1. The number of nitrogens with one attached hydrogen (secondary N) is 4. The van der Waals surface area contributed by atoms with Crippen molar-refractivity contribution < 1.29 is 32.0 Å². The van der Waals surface area contributed by atoms with Crippen molar-refractivity contribution in [2.24, 2.45) is 0 Å². The zero-order chi connectivity index (χ0) is 29.2. The van der Waals surface area contributed by atoms with Crippen LogP contribution >= 0.6 is 7.14 Å². The van der Waals surface area contributed by atoms with E-state index < -0.39 is 31.0 Å². The average molecular weight is 585 g/mol. The molecule has 1 saturated carbocycles. The van der Waals surface area contributed by atoms with Gasteiger partial charge in [0, 0.05) is 47.3 Å². The summed E-state index contributed by atoms with van der Waals surface area (Å²) in [6.07, 6.45) is -1.03. The molecule has 3 aromatic rings. The van der Waals surface area contributed by atoms with E-state index >= 15 is 0 Å². The van der Waals surface area contributed by atoms with Crippen molar-refractivity contribution in [2.45, 2.75) is 50.1 Å². The number of halogens is 4. The Labute approximate surface area is 228 Å². The van der Waals surface area contributed by atoms with Crippen molar-refractivity contribution in [1.82, 2.24) is 25.6 Å². The lowest BCUT2D eigenvalue weighted by Crippen LogP contribution is -2.32. The molecule has 0 aliphatic heterocycles. The first kappa shape index (κ1) is 30.0. The summed E-state index contributed by atoms with van der Waals surface area (Å²) in [5.74, 6) is -1.26. The summed E-state index contributed by atoms with van der Waals surface area (Å²) in [5, 5.41) is 19.2. The average Bonchev–Trinajstić information content (AvgIpc) is 3.49. The van der Waals surface area contributed by atoms with E-state index in [2.05, 4.69) is 30.9 Å². The molecule has 14 heteroatoms. The number of hydrogen-bond donors (Lipinski definition) is 5. The highest BCUT2D eigenvalue weighted by atomic mass is 31.2. The topological polar surface area (TPSA) is 132 Å². The largest absolute Gasteiger partial charge is 0.478 e. The number of aromatic amines is 1. The lowest BCUT2D eigenvalue weighted by Gasteiger charge is -2.17. The van der Waals surface area contributed by atoms with E-state index in [9.17, 15) is 32.0 Å². The molecule has 2 aromatic heterocycles. The molecule has 1 aromatic carbocycles. The highest BCUT2D eigenvalue weighted by Crippen LogP contribution is 2.43. The lowest BCUT2D eigenvalue weighted by molar-refractivity contribution is -0.137. The summed E-state index contributed by atoms with van der Waals surface area (Å²) >= 11 is 0. The van der Waals surface area contributed by atoms with Crippen LogP contribution in [0.4, 0.5) is 23.5 Å². The van der Waals surface area contributed by atoms with Crippen LogP contribution in [0.3, 0.4) is 0 Å². The Kier molecular flexibility index (Phi) is 8.86. The number of nitrogens with zero attached hydrogens (tertiary/aromatic N) is 2. The van der Waals surface area contributed by atoms with Gasteiger partial charge in [-0.2, -0.15) is 13.2 Å². The van der Waals surface area contributed by atoms with Crippen LogP contribution in [0.5, 0.6) is 0 Å². The summed E-state index contributed by atoms with van der Waals surface area (Å²) < 4.78 is 68.8. The minimum atomic E-state index is -4.75. The monoisotopic (exact) mass is 584 g/mol. The third-order valence-electron chi connectivity index (χ3n) is 7.03. The summed E-state index contributed by atoms with van der Waals surface area (Å²) in [5.41, 5.74) is -1.32. The van der Waals surface area contributed by atoms with Gasteiger partial charge < -0.3 is 30.6 Å². The molecule has 0 radical (unpaired) electrons. The first-order valence-corrected chi connectivity index (χ1v) is 15.6. The van der Waals surface area contributed by atoms with Crippen LogP contribution in [0, 0.1) is 0 Å². The normalized spacial score (nSPS) is 18.8. The summed E-state index contributed by atoms with van der Waals surface area (Å²) in [4.78, 5) is 22.8. The van der Waals surface area contributed by atoms with Crippen LogP contribution in [0.2, 0.25) is 0 Å². The second kappa shape index (κ2) is 11.8. The van der Waals surface area contributed by atoms with Gasteiger partial charge >= 0.3 is 12.1 Å². The molecule has 0 bridgehead atoms. The van der Waals surface area contributed by atoms with Crippen LogP contribution in [-0.2, 0) is 10.7 Å². The van der Waals surface area contributed by atoms with Crippen LogP contribution in [-0.4, -0.2) is 77.7 Å². The van der Waals surface area contributed by atoms with E-state index in [1.165, 1.54) is 31.7 Å². The van der Waals surface area contributed by atoms with Gasteiger partial charge in [-0.1, -0.05) is 6.07 Å². The van der Waals surface area contributed by atoms with Gasteiger partial charge in [-0.3, -0.25) is 0 Å². The number of carbonyl (C=O) groups is 1. The van der Waals surface area contributed by atoms with E-state index in [0.717, 1.165) is 19.0 Å². The minimum Gasteiger partial charge on any atom is -0.478 e. The molecule has 1 unspecified atom stereocenters. The number of rotatable bonds is 11. The quantitative estimate of drug-likeness (QED) is 0.165. The molecule has 9 nitrogen and oxygen atoms in total. The number of fused-ring (bicyclic) bond motifs is 1. The van der Waals surface area contributed by atoms with Crippen LogP contribution in [0.25, 0.3) is 22.2 Å². The molecular formula is C26H33F4N6O3P. The molecule has 0 amide bonds. The molecule has 2 heterocycles. The number of aromatic nitrogens is 3. The Balaban J connectivity index is 1.62. The van der Waals surface area contributed by atoms with Gasteiger partial charge in [0.05, 0.1) is 16.8 Å². The molecular weight excluding hydrogens is 551 g/mol. The summed E-state index contributed by atoms with van der Waals surface area (Å²) in [6, 6.07) is 2.70. The fraction of sp³-hybridized carbons (Fsp3) is 0.500. The van der Waals surface area contributed by atoms with Crippen molar-refractivity contribution in [3.63, 3.8) is 0 Å². The zero-order valence-corrected chi connectivity index (χ0v) is 23.3. The van der Waals surface area contributed by atoms with Gasteiger partial charge in [0.2, 0.25) is 5.95 Å². The number of carboxylic acid groups (broad SMARTS) is 1. The van der Waals surface area contributed by atoms with E-state index in [1.807, 2.05) is 0 Å². The first-order valence-electron chi connectivity index (χ1n) is 13.0. The molecule has 3 atom stereocenters. The van der Waals surface area contributed by atoms with Gasteiger partial charge in [-0.15, -0.1) is 0 Å². The minimum absolute atomic E-state index is 0.0277. The molecule has 0 saturated heterocycles. The van der Waals surface area contributed by atoms with Gasteiger partial charge in [0.25, 0.3) is 0 Å². The Morgan fingerprint density at radius 1 is 1.25 bits per heavy atom. The molecule has 40 heavy (non-hydrogen) atoms. The number of benzene rings is 1. The van der Waals surface area contributed by atoms with Gasteiger partial charge in [0.1, 0.15) is 18.9 Å². The van der Waals surface area contributed by atoms with E-state index in [0.29, 0.717) is 25.9 Å². The van der Waals surface area contributed by atoms with E-state index in [4.69, 9.17) is 0 Å². The molecule has 1 fully saturated rings. The SMILES string of the molecule is CNCC(F)CCN[C@H]1CC[C@H](Nc2ncc(C(F)(F)F)c(-c3c[nH]c4c(P(C)(C)=O)c(C(=O)O)ccc34)n2)C1. The second-order valence-electron chi connectivity index (χ2n) is 10.4. The maximum atomic E-state index is 14.0. The van der Waals surface area contributed by atoms with Crippen molar-refractivity contribution in [1.29, 1.82) is 0 Å². The van der Waals surface area contributed by atoms with Gasteiger partial charge in [-0.25, -0.2) is 19.2 Å². The fourth-order valence-corrected chi connectivity index (χ4v) is 6.70. The Morgan fingerprint density at radius 3 is 2.62 bits per heavy atom. The van der Waals surface area contributed by atoms with Crippen molar-refractivity contribution >= 4 is 35.3 Å². The van der Waals surface area contributed by atoms with E-state index in [1.54, 1.807) is 7.05 Å². The number of anilines is 1. The number of carboxylic acids is 1. The Morgan fingerprint density at radius 2 is 1.98 bits per heavy atom. The van der Waals surface area contributed by atoms with Crippen molar-refractivity contribution in [3.8, 4) is 11.3 Å². The van der Waals surface area contributed by atoms with Crippen LogP contribution in [0.15, 0.2) is 24.5 Å². The number of alkyl halides is 4. The Bertz CT molecular complexity index is 1420. The predicted octanol–water partition coefficient (Wildman–Crippen LogP) is 4.46. The third-order valence-corrected chi connectivity index (χ3v) is 8.57. The molecule has 5 N–H and O–H groups in total. The first-order chi connectivity index (χ1) is 18.8. The van der Waals surface area contributed by atoms with Crippen LogP contribution < -0.4 is 21.3 Å². The smallest absolute Gasteiger partial charge is 0.419 e. The van der Waals surface area contributed by atoms with Gasteiger partial charge in [-0.05, 0) is 58.7 Å². The summed E-state index contributed by atoms with van der Waals surface area (Å²) in [6.45, 7) is 3.63. The number of hydrogen-bond acceptors (Lipinski definition) is 7. The number of H-pyrrole nitrogens is 1. The van der Waals surface area contributed by atoms with Crippen molar-refractivity contribution in [2.75, 3.05) is 38.8 Å². The zero-order valence-electron chi connectivity index (χ0n) is 22.4. The molecule has 218 valence electrons. The second-order valence-corrected chi connectivity index (χ2v) is 13.6. The Hall–Kier alpha value is -3.02. The molecule has 1 aliphatic carbocycles. The highest BCUT2D eigenvalue weighted by molar-refractivity contribution is 7.70. The van der Waals surface area contributed by atoms with Crippen molar-refractivity contribution in [3.05, 3.63) is 35.7 Å². The number of aromatic carboxylic acids is 1. The summed E-state index contributed by atoms with van der Waals surface area (Å²) in [7, 11) is -1.44. The molecule has 0 spiro atoms. The van der Waals surface area contributed by atoms with Gasteiger partial charge in [0.15, 0.2) is 0 Å². The van der Waals surface area contributed by atoms with Crippen LogP contribution in [0.1, 0.15) is 41.6 Å². The fourth-order valence-electron chi connectivity index (χ4n) is 5.22. The maximum absolute atomic E-state index is 14.0. The van der Waals surface area contributed by atoms with E-state index in [-0.39, 0.29) is 51.1 Å². The molecule has 4 rings (SSSR count). The predicted molar refractivity (Wildman–Crippen MR) is 147 cm³/mol. The third kappa shape index (κ3) is 6.64. The highest BCUT2D eigenvalue weighted by Gasteiger charge is 2.37.